The van der Waals surface area contributed by atoms with Gasteiger partial charge in [-0.1, -0.05) is 20.8 Å². The van der Waals surface area contributed by atoms with Crippen LogP contribution in [0.1, 0.15) is 26.5 Å². The fourth-order valence-electron chi connectivity index (χ4n) is 1.91. The average Bonchev–Trinajstić information content (AvgIpc) is 2.72. The van der Waals surface area contributed by atoms with Crippen molar-refractivity contribution in [2.24, 2.45) is 13.0 Å². The first-order valence-electron chi connectivity index (χ1n) is 7.06. The Morgan fingerprint density at radius 3 is 2.67 bits per heavy atom. The quantitative estimate of drug-likeness (QED) is 0.527. The van der Waals surface area contributed by atoms with Crippen molar-refractivity contribution in [2.75, 3.05) is 25.1 Å². The highest BCUT2D eigenvalue weighted by atomic mass is 16.6. The number of nitro groups is 1. The van der Waals surface area contributed by atoms with Gasteiger partial charge in [0.15, 0.2) is 0 Å². The van der Waals surface area contributed by atoms with E-state index in [1.165, 1.54) is 4.68 Å². The largest absolute Gasteiger partial charge is 0.389 e. The van der Waals surface area contributed by atoms with Gasteiger partial charge in [0.25, 0.3) is 0 Å². The third-order valence-corrected chi connectivity index (χ3v) is 2.88. The van der Waals surface area contributed by atoms with Crippen LogP contribution in [-0.2, 0) is 18.2 Å². The Balaban J connectivity index is 2.62. The summed E-state index contributed by atoms with van der Waals surface area (Å²) in [5, 5.41) is 27.9. The molecule has 1 unspecified atom stereocenters. The van der Waals surface area contributed by atoms with Crippen LogP contribution in [0.2, 0.25) is 0 Å². The van der Waals surface area contributed by atoms with E-state index in [1.807, 2.05) is 20.8 Å². The Bertz CT molecular complexity index is 473. The number of aliphatic hydroxyl groups is 1. The Morgan fingerprint density at radius 2 is 2.14 bits per heavy atom. The van der Waals surface area contributed by atoms with E-state index in [1.54, 1.807) is 7.05 Å². The minimum absolute atomic E-state index is 0.0321. The molecule has 1 atom stereocenters. The molecule has 0 aliphatic heterocycles. The molecule has 120 valence electrons. The Morgan fingerprint density at radius 1 is 1.48 bits per heavy atom. The lowest BCUT2D eigenvalue weighted by Crippen LogP contribution is -2.26. The van der Waals surface area contributed by atoms with Gasteiger partial charge in [0.05, 0.1) is 17.6 Å². The van der Waals surface area contributed by atoms with Gasteiger partial charge in [-0.3, -0.25) is 10.1 Å². The topological polar surface area (TPSA) is 102 Å². The Labute approximate surface area is 124 Å². The van der Waals surface area contributed by atoms with Gasteiger partial charge in [0.1, 0.15) is 5.69 Å². The van der Waals surface area contributed by atoms with Crippen LogP contribution >= 0.6 is 0 Å². The maximum atomic E-state index is 11.1. The molecule has 0 saturated carbocycles. The van der Waals surface area contributed by atoms with Crippen LogP contribution in [0, 0.1) is 16.0 Å². The molecule has 1 aromatic rings. The highest BCUT2D eigenvalue weighted by molar-refractivity contribution is 5.59. The van der Waals surface area contributed by atoms with E-state index in [2.05, 4.69) is 10.4 Å². The zero-order valence-corrected chi connectivity index (χ0v) is 13.0. The summed E-state index contributed by atoms with van der Waals surface area (Å²) < 4.78 is 6.76. The van der Waals surface area contributed by atoms with Gasteiger partial charge in [-0.15, -0.1) is 0 Å². The minimum Gasteiger partial charge on any atom is -0.389 e. The second kappa shape index (κ2) is 7.94. The molecule has 0 aromatic carbocycles. The normalized spacial score (nSPS) is 12.7. The van der Waals surface area contributed by atoms with Gasteiger partial charge in [-0.25, -0.2) is 4.68 Å². The number of rotatable bonds is 9. The van der Waals surface area contributed by atoms with Crippen molar-refractivity contribution < 1.29 is 14.8 Å². The number of nitrogens with zero attached hydrogens (tertiary/aromatic N) is 3. The summed E-state index contributed by atoms with van der Waals surface area (Å²) in [4.78, 5) is 10.7. The molecule has 0 bridgehead atoms. The summed E-state index contributed by atoms with van der Waals surface area (Å²) in [5.74, 6) is 0.704. The number of aryl methyl sites for hydroxylation is 2. The molecular weight excluding hydrogens is 276 g/mol. The van der Waals surface area contributed by atoms with E-state index in [9.17, 15) is 15.2 Å². The van der Waals surface area contributed by atoms with Crippen LogP contribution in [0.4, 0.5) is 11.5 Å². The summed E-state index contributed by atoms with van der Waals surface area (Å²) >= 11 is 0. The second-order valence-corrected chi connectivity index (χ2v) is 5.34. The van der Waals surface area contributed by atoms with Crippen molar-refractivity contribution in [3.8, 4) is 0 Å². The van der Waals surface area contributed by atoms with E-state index in [-0.39, 0.29) is 18.8 Å². The molecule has 8 heteroatoms. The molecule has 0 fully saturated rings. The molecule has 0 saturated heterocycles. The van der Waals surface area contributed by atoms with Crippen LogP contribution < -0.4 is 5.32 Å². The smallest absolute Gasteiger partial charge is 0.333 e. The number of nitrogens with one attached hydrogen (secondary N) is 1. The van der Waals surface area contributed by atoms with E-state index >= 15 is 0 Å². The fourth-order valence-corrected chi connectivity index (χ4v) is 1.91. The van der Waals surface area contributed by atoms with Crippen molar-refractivity contribution in [1.82, 2.24) is 9.78 Å². The molecule has 2 N–H and O–H groups in total. The number of hydrogen-bond donors (Lipinski definition) is 2. The lowest BCUT2D eigenvalue weighted by atomic mass is 10.2. The van der Waals surface area contributed by atoms with Crippen LogP contribution in [-0.4, -0.2) is 45.7 Å². The van der Waals surface area contributed by atoms with Gasteiger partial charge >= 0.3 is 5.69 Å². The fraction of sp³-hybridized carbons (Fsp3) is 0.769. The van der Waals surface area contributed by atoms with Crippen molar-refractivity contribution in [2.45, 2.75) is 33.3 Å². The molecule has 1 aromatic heterocycles. The van der Waals surface area contributed by atoms with Crippen molar-refractivity contribution in [1.29, 1.82) is 0 Å². The van der Waals surface area contributed by atoms with Crippen LogP contribution in [0.15, 0.2) is 0 Å². The monoisotopic (exact) mass is 300 g/mol. The lowest BCUT2D eigenvalue weighted by molar-refractivity contribution is -0.384. The highest BCUT2D eigenvalue weighted by Crippen LogP contribution is 2.28. The molecule has 8 nitrogen and oxygen atoms in total. The van der Waals surface area contributed by atoms with Crippen LogP contribution in [0.5, 0.6) is 0 Å². The molecule has 0 radical (unpaired) electrons. The number of anilines is 1. The lowest BCUT2D eigenvalue weighted by Gasteiger charge is -2.14. The minimum atomic E-state index is -0.733. The van der Waals surface area contributed by atoms with Gasteiger partial charge < -0.3 is 15.2 Å². The Hall–Kier alpha value is -1.67. The second-order valence-electron chi connectivity index (χ2n) is 5.34. The summed E-state index contributed by atoms with van der Waals surface area (Å²) in [6, 6.07) is 0. The van der Waals surface area contributed by atoms with Gasteiger partial charge in [0.2, 0.25) is 5.82 Å². The first-order valence-corrected chi connectivity index (χ1v) is 7.06. The van der Waals surface area contributed by atoms with Gasteiger partial charge in [-0.2, -0.15) is 5.10 Å². The number of hydrogen-bond acceptors (Lipinski definition) is 6. The maximum Gasteiger partial charge on any atom is 0.333 e. The molecule has 1 rings (SSSR count). The van der Waals surface area contributed by atoms with E-state index in [4.69, 9.17) is 4.74 Å². The van der Waals surface area contributed by atoms with Crippen LogP contribution in [0.3, 0.4) is 0 Å². The number of aliphatic hydroxyl groups excluding tert-OH is 1. The highest BCUT2D eigenvalue weighted by Gasteiger charge is 2.25. The third kappa shape index (κ3) is 4.98. The molecular formula is C13H24N4O4. The summed E-state index contributed by atoms with van der Waals surface area (Å²) in [5.41, 5.74) is 0.394. The summed E-state index contributed by atoms with van der Waals surface area (Å²) in [6.07, 6.45) is -0.255. The number of aromatic nitrogens is 2. The van der Waals surface area contributed by atoms with Crippen molar-refractivity contribution in [3.05, 3.63) is 15.8 Å². The maximum absolute atomic E-state index is 11.1. The van der Waals surface area contributed by atoms with Gasteiger partial charge in [0, 0.05) is 20.2 Å². The van der Waals surface area contributed by atoms with E-state index in [0.717, 1.165) is 0 Å². The van der Waals surface area contributed by atoms with Crippen molar-refractivity contribution >= 4 is 11.5 Å². The zero-order chi connectivity index (χ0) is 16.0. The molecule has 0 spiro atoms. The summed E-state index contributed by atoms with van der Waals surface area (Å²) in [6.45, 7) is 6.79. The molecule has 21 heavy (non-hydrogen) atoms. The standard InChI is InChI=1S/C13H24N4O4/c1-5-11-12(17(19)20)13(16(4)15-11)14-6-10(18)8-21-7-9(2)3/h9-10,14,18H,5-8H2,1-4H3. The first-order chi connectivity index (χ1) is 9.86. The molecule has 1 heterocycles. The number of ether oxygens (including phenoxy) is 1. The third-order valence-electron chi connectivity index (χ3n) is 2.88. The van der Waals surface area contributed by atoms with E-state index < -0.39 is 11.0 Å². The Kier molecular flexibility index (Phi) is 6.57. The summed E-state index contributed by atoms with van der Waals surface area (Å²) in [7, 11) is 1.64. The zero-order valence-electron chi connectivity index (χ0n) is 13.0. The first kappa shape index (κ1) is 17.4. The predicted octanol–water partition coefficient (Wildman–Crippen LogP) is 1.34. The van der Waals surface area contributed by atoms with Gasteiger partial charge in [-0.05, 0) is 12.3 Å². The molecule has 0 amide bonds. The van der Waals surface area contributed by atoms with Crippen molar-refractivity contribution in [3.63, 3.8) is 0 Å². The van der Waals surface area contributed by atoms with Crippen LogP contribution in [0.25, 0.3) is 0 Å². The average molecular weight is 300 g/mol. The molecule has 0 aliphatic carbocycles. The SMILES string of the molecule is CCc1nn(C)c(NCC(O)COCC(C)C)c1[N+](=O)[O-]. The predicted molar refractivity (Wildman–Crippen MR) is 79.4 cm³/mol. The van der Waals surface area contributed by atoms with E-state index in [0.29, 0.717) is 30.5 Å². The molecule has 0 aliphatic rings.